The molecule has 0 nitrogen and oxygen atoms in total. The Morgan fingerprint density at radius 1 is 1.40 bits per heavy atom. The fourth-order valence-corrected chi connectivity index (χ4v) is 3.75. The molecule has 1 aromatic heterocycles. The molecule has 84 valence electrons. The normalized spacial score (nSPS) is 22.5. The molecule has 1 aliphatic rings. The molecule has 0 saturated heterocycles. The summed E-state index contributed by atoms with van der Waals surface area (Å²) < 4.78 is 0. The maximum Gasteiger partial charge on any atom is 0.0437 e. The molecule has 2 rings (SSSR count). The summed E-state index contributed by atoms with van der Waals surface area (Å²) in [6.07, 6.45) is 7.81. The zero-order valence-corrected chi connectivity index (χ0v) is 10.9. The van der Waals surface area contributed by atoms with E-state index in [9.17, 15) is 0 Å². The standard InChI is InChI=1S/C13H19ClS/c1-13(7-3-2-4-8-13)12(14)10-11-6-5-9-15-11/h5-6,9,12H,2-4,7-8,10H2,1H3. The molecule has 0 N–H and O–H groups in total. The summed E-state index contributed by atoms with van der Waals surface area (Å²) in [5.74, 6) is 0. The van der Waals surface area contributed by atoms with Crippen molar-refractivity contribution in [2.24, 2.45) is 5.41 Å². The van der Waals surface area contributed by atoms with Gasteiger partial charge in [0.2, 0.25) is 0 Å². The Morgan fingerprint density at radius 3 is 2.73 bits per heavy atom. The van der Waals surface area contributed by atoms with Gasteiger partial charge < -0.3 is 0 Å². The fraction of sp³-hybridized carbons (Fsp3) is 0.692. The van der Waals surface area contributed by atoms with Crippen LogP contribution in [0.2, 0.25) is 0 Å². The van der Waals surface area contributed by atoms with E-state index in [1.807, 2.05) is 11.3 Å². The molecule has 1 aromatic rings. The van der Waals surface area contributed by atoms with E-state index in [0.29, 0.717) is 10.8 Å². The van der Waals surface area contributed by atoms with E-state index in [1.165, 1.54) is 37.0 Å². The van der Waals surface area contributed by atoms with Crippen LogP contribution in [0.3, 0.4) is 0 Å². The van der Waals surface area contributed by atoms with E-state index in [4.69, 9.17) is 11.6 Å². The number of halogens is 1. The lowest BCUT2D eigenvalue weighted by Crippen LogP contribution is -2.31. The van der Waals surface area contributed by atoms with Crippen molar-refractivity contribution in [3.05, 3.63) is 22.4 Å². The van der Waals surface area contributed by atoms with Crippen molar-refractivity contribution in [2.75, 3.05) is 0 Å². The van der Waals surface area contributed by atoms with E-state index in [0.717, 1.165) is 6.42 Å². The van der Waals surface area contributed by atoms with E-state index in [-0.39, 0.29) is 0 Å². The van der Waals surface area contributed by atoms with Crippen molar-refractivity contribution in [1.29, 1.82) is 0 Å². The highest BCUT2D eigenvalue weighted by Crippen LogP contribution is 2.42. The van der Waals surface area contributed by atoms with Crippen LogP contribution in [-0.4, -0.2) is 5.38 Å². The van der Waals surface area contributed by atoms with Crippen LogP contribution in [0, 0.1) is 5.41 Å². The second-order valence-corrected chi connectivity index (χ2v) is 6.52. The van der Waals surface area contributed by atoms with Gasteiger partial charge in [0, 0.05) is 10.3 Å². The van der Waals surface area contributed by atoms with Crippen LogP contribution in [0.4, 0.5) is 0 Å². The molecule has 0 amide bonds. The third kappa shape index (κ3) is 2.76. The van der Waals surface area contributed by atoms with E-state index >= 15 is 0 Å². The monoisotopic (exact) mass is 242 g/mol. The molecule has 1 unspecified atom stereocenters. The summed E-state index contributed by atoms with van der Waals surface area (Å²) in [6, 6.07) is 4.32. The first-order valence-corrected chi connectivity index (χ1v) is 7.19. The van der Waals surface area contributed by atoms with Crippen LogP contribution < -0.4 is 0 Å². The number of alkyl halides is 1. The topological polar surface area (TPSA) is 0 Å². The van der Waals surface area contributed by atoms with Gasteiger partial charge in [0.15, 0.2) is 0 Å². The minimum atomic E-state index is 0.316. The molecular weight excluding hydrogens is 224 g/mol. The Balaban J connectivity index is 1.97. The van der Waals surface area contributed by atoms with Gasteiger partial charge in [-0.1, -0.05) is 32.3 Å². The average Bonchev–Trinajstić information content (AvgIpc) is 2.71. The van der Waals surface area contributed by atoms with Crippen molar-refractivity contribution in [2.45, 2.75) is 50.8 Å². The molecule has 0 aliphatic heterocycles. The molecule has 0 aromatic carbocycles. The second kappa shape index (κ2) is 4.88. The van der Waals surface area contributed by atoms with E-state index < -0.39 is 0 Å². The van der Waals surface area contributed by atoms with E-state index in [2.05, 4.69) is 24.4 Å². The highest BCUT2D eigenvalue weighted by molar-refractivity contribution is 7.09. The van der Waals surface area contributed by atoms with Crippen molar-refractivity contribution in [1.82, 2.24) is 0 Å². The fourth-order valence-electron chi connectivity index (χ4n) is 2.52. The quantitative estimate of drug-likeness (QED) is 0.664. The van der Waals surface area contributed by atoms with Crippen LogP contribution in [0.5, 0.6) is 0 Å². The molecule has 1 atom stereocenters. The van der Waals surface area contributed by atoms with Crippen LogP contribution in [0.1, 0.15) is 43.9 Å². The average molecular weight is 243 g/mol. The van der Waals surface area contributed by atoms with Crippen LogP contribution in [0.25, 0.3) is 0 Å². The van der Waals surface area contributed by atoms with Crippen molar-refractivity contribution in [3.8, 4) is 0 Å². The molecule has 1 heterocycles. The highest BCUT2D eigenvalue weighted by atomic mass is 35.5. The maximum atomic E-state index is 6.60. The Hall–Kier alpha value is -0.0100. The molecule has 1 aliphatic carbocycles. The lowest BCUT2D eigenvalue weighted by Gasteiger charge is -2.37. The molecular formula is C13H19ClS. The summed E-state index contributed by atoms with van der Waals surface area (Å²) in [5.41, 5.74) is 0.379. The molecule has 0 spiro atoms. The summed E-state index contributed by atoms with van der Waals surface area (Å²) in [7, 11) is 0. The van der Waals surface area contributed by atoms with E-state index in [1.54, 1.807) is 0 Å². The smallest absolute Gasteiger partial charge is 0.0437 e. The predicted molar refractivity (Wildman–Crippen MR) is 68.9 cm³/mol. The zero-order chi connectivity index (χ0) is 10.7. The maximum absolute atomic E-state index is 6.60. The predicted octanol–water partition coefficient (Wildman–Crippen LogP) is 4.87. The summed E-state index contributed by atoms with van der Waals surface area (Å²) in [5, 5.41) is 2.46. The van der Waals surface area contributed by atoms with Crippen molar-refractivity contribution in [3.63, 3.8) is 0 Å². The van der Waals surface area contributed by atoms with Gasteiger partial charge in [-0.25, -0.2) is 0 Å². The van der Waals surface area contributed by atoms with Crippen molar-refractivity contribution < 1.29 is 0 Å². The minimum absolute atomic E-state index is 0.316. The van der Waals surface area contributed by atoms with Gasteiger partial charge in [0.25, 0.3) is 0 Å². The third-order valence-corrected chi connectivity index (χ3v) is 5.29. The summed E-state index contributed by atoms with van der Waals surface area (Å²) >= 11 is 8.43. The first-order chi connectivity index (χ1) is 7.21. The second-order valence-electron chi connectivity index (χ2n) is 4.97. The summed E-state index contributed by atoms with van der Waals surface area (Å²) in [4.78, 5) is 1.43. The Kier molecular flexibility index (Phi) is 3.73. The van der Waals surface area contributed by atoms with Gasteiger partial charge in [0.1, 0.15) is 0 Å². The molecule has 2 heteroatoms. The number of rotatable bonds is 3. The number of hydrogen-bond donors (Lipinski definition) is 0. The molecule has 15 heavy (non-hydrogen) atoms. The highest BCUT2D eigenvalue weighted by Gasteiger charge is 2.34. The lowest BCUT2D eigenvalue weighted by atomic mass is 9.72. The molecule has 0 radical (unpaired) electrons. The third-order valence-electron chi connectivity index (χ3n) is 3.71. The van der Waals surface area contributed by atoms with Gasteiger partial charge >= 0.3 is 0 Å². The first-order valence-electron chi connectivity index (χ1n) is 5.87. The van der Waals surface area contributed by atoms with Gasteiger partial charge in [-0.15, -0.1) is 22.9 Å². The molecule has 1 fully saturated rings. The van der Waals surface area contributed by atoms with Gasteiger partial charge in [-0.05, 0) is 36.1 Å². The SMILES string of the molecule is CC1(C(Cl)Cc2cccs2)CCCCC1. The molecule has 1 saturated carbocycles. The first kappa shape index (κ1) is 11.5. The zero-order valence-electron chi connectivity index (χ0n) is 9.34. The number of thiophene rings is 1. The van der Waals surface area contributed by atoms with Crippen LogP contribution in [-0.2, 0) is 6.42 Å². The van der Waals surface area contributed by atoms with Gasteiger partial charge in [0.05, 0.1) is 0 Å². The Bertz CT molecular complexity index is 285. The summed E-state index contributed by atoms with van der Waals surface area (Å²) in [6.45, 7) is 2.37. The number of hydrogen-bond acceptors (Lipinski definition) is 1. The largest absolute Gasteiger partial charge is 0.149 e. The van der Waals surface area contributed by atoms with Crippen molar-refractivity contribution >= 4 is 22.9 Å². The van der Waals surface area contributed by atoms with Crippen LogP contribution in [0.15, 0.2) is 17.5 Å². The van der Waals surface area contributed by atoms with Gasteiger partial charge in [-0.2, -0.15) is 0 Å². The Morgan fingerprint density at radius 2 is 2.13 bits per heavy atom. The minimum Gasteiger partial charge on any atom is -0.149 e. The Labute approximate surface area is 102 Å². The van der Waals surface area contributed by atoms with Gasteiger partial charge in [-0.3, -0.25) is 0 Å². The van der Waals surface area contributed by atoms with Crippen LogP contribution >= 0.6 is 22.9 Å². The lowest BCUT2D eigenvalue weighted by molar-refractivity contribution is 0.205. The molecule has 0 bridgehead atoms.